The summed E-state index contributed by atoms with van der Waals surface area (Å²) in [4.78, 5) is 35.8. The molecule has 1 unspecified atom stereocenters. The number of urea groups is 1. The van der Waals surface area contributed by atoms with Gasteiger partial charge in [-0.25, -0.2) is 4.79 Å². The Balaban J connectivity index is 2.26. The Bertz CT molecular complexity index is 353. The Kier molecular flexibility index (Phi) is 5.99. The zero-order valence-electron chi connectivity index (χ0n) is 12.1. The second kappa shape index (κ2) is 7.26. The van der Waals surface area contributed by atoms with Gasteiger partial charge in [-0.15, -0.1) is 0 Å². The number of unbranched alkanes of at least 4 members (excludes halogenated alkanes) is 3. The third kappa shape index (κ3) is 4.65. The van der Waals surface area contributed by atoms with Crippen LogP contribution in [0.5, 0.6) is 0 Å². The van der Waals surface area contributed by atoms with Crippen LogP contribution >= 0.6 is 0 Å². The van der Waals surface area contributed by atoms with E-state index in [2.05, 4.69) is 19.2 Å². The lowest BCUT2D eigenvalue weighted by Crippen LogP contribution is -2.57. The van der Waals surface area contributed by atoms with E-state index in [1.165, 1.54) is 19.8 Å². The highest BCUT2D eigenvalue weighted by Gasteiger charge is 2.36. The smallest absolute Gasteiger partial charge is 0.277 e. The summed E-state index contributed by atoms with van der Waals surface area (Å²) in [5.41, 5.74) is 0. The first kappa shape index (κ1) is 15.7. The SMILES string of the molecule is CC(C)CCCCCCN1C(=O)NC(=O)C(C)C1=O. The molecule has 0 saturated carbocycles. The molecule has 1 saturated heterocycles. The van der Waals surface area contributed by atoms with Gasteiger partial charge in [0.2, 0.25) is 11.8 Å². The summed E-state index contributed by atoms with van der Waals surface area (Å²) in [7, 11) is 0. The standard InChI is InChI=1S/C14H24N2O3/c1-10(2)8-6-4-5-7-9-16-13(18)11(3)12(17)15-14(16)19/h10-11H,4-9H2,1-3H3,(H,15,17,19). The van der Waals surface area contributed by atoms with Crippen LogP contribution in [-0.4, -0.2) is 29.3 Å². The Labute approximate surface area is 114 Å². The van der Waals surface area contributed by atoms with Crippen molar-refractivity contribution in [1.29, 1.82) is 0 Å². The Hall–Kier alpha value is -1.39. The molecule has 108 valence electrons. The number of barbiturate groups is 1. The van der Waals surface area contributed by atoms with Crippen LogP contribution < -0.4 is 5.32 Å². The highest BCUT2D eigenvalue weighted by Crippen LogP contribution is 2.13. The minimum atomic E-state index is -0.751. The Morgan fingerprint density at radius 3 is 2.37 bits per heavy atom. The average molecular weight is 268 g/mol. The summed E-state index contributed by atoms with van der Waals surface area (Å²) in [5, 5.41) is 2.20. The van der Waals surface area contributed by atoms with E-state index in [9.17, 15) is 14.4 Å². The van der Waals surface area contributed by atoms with E-state index in [-0.39, 0.29) is 5.91 Å². The normalized spacial score (nSPS) is 20.1. The number of nitrogens with zero attached hydrogens (tertiary/aromatic N) is 1. The lowest BCUT2D eigenvalue weighted by molar-refractivity contribution is -0.141. The van der Waals surface area contributed by atoms with Gasteiger partial charge in [-0.05, 0) is 19.3 Å². The Morgan fingerprint density at radius 2 is 1.74 bits per heavy atom. The second-order valence-corrected chi connectivity index (χ2v) is 5.60. The molecule has 0 aromatic heterocycles. The largest absolute Gasteiger partial charge is 0.330 e. The van der Waals surface area contributed by atoms with Crippen LogP contribution in [-0.2, 0) is 9.59 Å². The number of rotatable bonds is 7. The number of carbonyl (C=O) groups excluding carboxylic acids is 3. The minimum Gasteiger partial charge on any atom is -0.277 e. The van der Waals surface area contributed by atoms with Crippen molar-refractivity contribution in [2.75, 3.05) is 6.54 Å². The van der Waals surface area contributed by atoms with Crippen molar-refractivity contribution >= 4 is 17.8 Å². The van der Waals surface area contributed by atoms with Crippen molar-refractivity contribution in [3.8, 4) is 0 Å². The molecule has 1 fully saturated rings. The van der Waals surface area contributed by atoms with Gasteiger partial charge in [0.25, 0.3) is 0 Å². The highest BCUT2D eigenvalue weighted by atomic mass is 16.2. The zero-order valence-corrected chi connectivity index (χ0v) is 12.1. The van der Waals surface area contributed by atoms with Gasteiger partial charge in [0, 0.05) is 6.54 Å². The molecule has 0 radical (unpaired) electrons. The van der Waals surface area contributed by atoms with Crippen molar-refractivity contribution in [3.63, 3.8) is 0 Å². The molecule has 0 aromatic carbocycles. The fourth-order valence-corrected chi connectivity index (χ4v) is 2.11. The molecule has 0 aromatic rings. The maximum Gasteiger partial charge on any atom is 0.330 e. The number of imide groups is 2. The van der Waals surface area contributed by atoms with Crippen LogP contribution in [0.2, 0.25) is 0 Å². The Morgan fingerprint density at radius 1 is 1.11 bits per heavy atom. The molecule has 5 nitrogen and oxygen atoms in total. The molecule has 1 aliphatic rings. The summed E-state index contributed by atoms with van der Waals surface area (Å²) in [6.07, 6.45) is 5.34. The van der Waals surface area contributed by atoms with Crippen LogP contribution in [0.25, 0.3) is 0 Å². The lowest BCUT2D eigenvalue weighted by atomic mass is 10.0. The molecule has 1 N–H and O–H groups in total. The van der Waals surface area contributed by atoms with E-state index in [0.717, 1.165) is 30.1 Å². The molecule has 0 bridgehead atoms. The first-order chi connectivity index (χ1) is 8.93. The number of hydrogen-bond donors (Lipinski definition) is 1. The van der Waals surface area contributed by atoms with Crippen LogP contribution in [0.3, 0.4) is 0 Å². The monoisotopic (exact) mass is 268 g/mol. The van der Waals surface area contributed by atoms with Gasteiger partial charge >= 0.3 is 6.03 Å². The van der Waals surface area contributed by atoms with Gasteiger partial charge in [-0.2, -0.15) is 0 Å². The number of carbonyl (C=O) groups is 3. The number of hydrogen-bond acceptors (Lipinski definition) is 3. The van der Waals surface area contributed by atoms with E-state index < -0.39 is 17.9 Å². The van der Waals surface area contributed by atoms with Gasteiger partial charge in [0.1, 0.15) is 5.92 Å². The van der Waals surface area contributed by atoms with Crippen molar-refractivity contribution in [2.45, 2.75) is 52.9 Å². The molecule has 19 heavy (non-hydrogen) atoms. The fourth-order valence-electron chi connectivity index (χ4n) is 2.11. The molecule has 1 aliphatic heterocycles. The summed E-state index contributed by atoms with van der Waals surface area (Å²) >= 11 is 0. The van der Waals surface area contributed by atoms with Crippen LogP contribution in [0, 0.1) is 11.8 Å². The molecular weight excluding hydrogens is 244 g/mol. The van der Waals surface area contributed by atoms with Crippen LogP contribution in [0.1, 0.15) is 52.9 Å². The van der Waals surface area contributed by atoms with Crippen LogP contribution in [0.15, 0.2) is 0 Å². The van der Waals surface area contributed by atoms with Crippen molar-refractivity contribution in [1.82, 2.24) is 10.2 Å². The van der Waals surface area contributed by atoms with Gasteiger partial charge in [-0.1, -0.05) is 39.5 Å². The van der Waals surface area contributed by atoms with E-state index in [4.69, 9.17) is 0 Å². The quantitative estimate of drug-likeness (QED) is 0.569. The second-order valence-electron chi connectivity index (χ2n) is 5.60. The van der Waals surface area contributed by atoms with Gasteiger partial charge in [0.05, 0.1) is 0 Å². The first-order valence-electron chi connectivity index (χ1n) is 7.09. The van der Waals surface area contributed by atoms with Crippen molar-refractivity contribution in [3.05, 3.63) is 0 Å². The average Bonchev–Trinajstić information content (AvgIpc) is 2.34. The molecule has 1 heterocycles. The van der Waals surface area contributed by atoms with E-state index in [0.29, 0.717) is 6.54 Å². The minimum absolute atomic E-state index is 0.379. The summed E-state index contributed by atoms with van der Waals surface area (Å²) < 4.78 is 0. The maximum atomic E-state index is 11.8. The fraction of sp³-hybridized carbons (Fsp3) is 0.786. The van der Waals surface area contributed by atoms with Crippen molar-refractivity contribution in [2.24, 2.45) is 11.8 Å². The molecular formula is C14H24N2O3. The topological polar surface area (TPSA) is 66.5 Å². The predicted octanol–water partition coefficient (Wildman–Crippen LogP) is 2.31. The molecule has 5 heteroatoms. The van der Waals surface area contributed by atoms with Gasteiger partial charge in [-0.3, -0.25) is 19.8 Å². The summed E-state index contributed by atoms with van der Waals surface area (Å²) in [6, 6.07) is -0.574. The third-order valence-electron chi connectivity index (χ3n) is 3.42. The number of nitrogens with one attached hydrogen (secondary N) is 1. The molecule has 0 spiro atoms. The van der Waals surface area contributed by atoms with Crippen molar-refractivity contribution < 1.29 is 14.4 Å². The third-order valence-corrected chi connectivity index (χ3v) is 3.42. The van der Waals surface area contributed by atoms with E-state index in [1.807, 2.05) is 0 Å². The van der Waals surface area contributed by atoms with Crippen LogP contribution in [0.4, 0.5) is 4.79 Å². The molecule has 4 amide bonds. The highest BCUT2D eigenvalue weighted by molar-refractivity contribution is 6.15. The predicted molar refractivity (Wildman–Crippen MR) is 72.3 cm³/mol. The number of amides is 4. The summed E-state index contributed by atoms with van der Waals surface area (Å²) in [5.74, 6) is -0.904. The molecule has 1 rings (SSSR count). The maximum absolute atomic E-state index is 11.8. The van der Waals surface area contributed by atoms with Gasteiger partial charge < -0.3 is 0 Å². The van der Waals surface area contributed by atoms with Gasteiger partial charge in [0.15, 0.2) is 0 Å². The summed E-state index contributed by atoms with van der Waals surface area (Å²) in [6.45, 7) is 6.34. The zero-order chi connectivity index (χ0) is 14.4. The van der Waals surface area contributed by atoms with E-state index >= 15 is 0 Å². The first-order valence-corrected chi connectivity index (χ1v) is 7.09. The lowest BCUT2D eigenvalue weighted by Gasteiger charge is -2.28. The van der Waals surface area contributed by atoms with E-state index in [1.54, 1.807) is 0 Å². The molecule has 1 atom stereocenters. The molecule has 0 aliphatic carbocycles.